The maximum atomic E-state index is 14.0. The number of ether oxygens (including phenoxy) is 4. The van der Waals surface area contributed by atoms with Gasteiger partial charge in [0.05, 0.1) is 39.1 Å². The van der Waals surface area contributed by atoms with Crippen molar-refractivity contribution < 1.29 is 36.5 Å². The second-order valence-corrected chi connectivity index (χ2v) is 10.2. The van der Waals surface area contributed by atoms with Gasteiger partial charge in [-0.15, -0.1) is 0 Å². The first kappa shape index (κ1) is 30.6. The molecule has 1 fully saturated rings. The van der Waals surface area contributed by atoms with Gasteiger partial charge in [-0.1, -0.05) is 91.0 Å². The summed E-state index contributed by atoms with van der Waals surface area (Å²) in [5.41, 5.74) is 1.24. The van der Waals surface area contributed by atoms with Crippen LogP contribution in [-0.2, 0) is 44.9 Å². The first-order chi connectivity index (χ1) is 20.9. The van der Waals surface area contributed by atoms with Gasteiger partial charge in [-0.05, 0) is 28.8 Å². The van der Waals surface area contributed by atoms with Gasteiger partial charge in [-0.3, -0.25) is 0 Å². The molecule has 5 rings (SSSR count). The van der Waals surface area contributed by atoms with Crippen LogP contribution >= 0.6 is 0 Å². The number of rotatable bonds is 12. The topological polar surface area (TPSA) is 61.8 Å². The zero-order valence-corrected chi connectivity index (χ0v) is 23.3. The van der Waals surface area contributed by atoms with Crippen LogP contribution < -0.4 is 5.32 Å². The van der Waals surface area contributed by atoms with E-state index in [2.05, 4.69) is 10.3 Å². The monoisotopic (exact) mass is 596 g/mol. The molecular weight excluding hydrogens is 564 g/mol. The van der Waals surface area contributed by atoms with Crippen LogP contribution in [0.1, 0.15) is 22.4 Å². The fourth-order valence-corrected chi connectivity index (χ4v) is 4.85. The SMILES string of the molecule is Fc1ccc(N[C@H]2CO[C@H](COCc3ccccc3)[C@H](OCc3ccccc3)[C@@H]2OCc2ccccc2)nc1C(F)(F)F. The van der Waals surface area contributed by atoms with Crippen LogP contribution in [0, 0.1) is 5.82 Å². The van der Waals surface area contributed by atoms with Crippen LogP contribution in [0.3, 0.4) is 0 Å². The lowest BCUT2D eigenvalue weighted by Gasteiger charge is -2.42. The minimum Gasteiger partial charge on any atom is -0.374 e. The van der Waals surface area contributed by atoms with Gasteiger partial charge >= 0.3 is 6.18 Å². The Bertz CT molecular complexity index is 1410. The predicted octanol–water partition coefficient (Wildman–Crippen LogP) is 6.81. The Hall–Kier alpha value is -3.83. The van der Waals surface area contributed by atoms with Crippen molar-refractivity contribution >= 4 is 5.82 Å². The summed E-state index contributed by atoms with van der Waals surface area (Å²) in [5, 5.41) is 2.99. The first-order valence-corrected chi connectivity index (χ1v) is 13.9. The molecule has 4 aromatic rings. The van der Waals surface area contributed by atoms with E-state index in [0.717, 1.165) is 28.8 Å². The lowest BCUT2D eigenvalue weighted by Crippen LogP contribution is -2.59. The quantitative estimate of drug-likeness (QED) is 0.182. The van der Waals surface area contributed by atoms with Crippen molar-refractivity contribution in [2.45, 2.75) is 50.4 Å². The molecule has 0 unspecified atom stereocenters. The van der Waals surface area contributed by atoms with Crippen LogP contribution in [0.25, 0.3) is 0 Å². The summed E-state index contributed by atoms with van der Waals surface area (Å²) in [6.07, 6.45) is -6.85. The van der Waals surface area contributed by atoms with E-state index in [0.29, 0.717) is 6.61 Å². The molecule has 4 atom stereocenters. The van der Waals surface area contributed by atoms with E-state index in [1.54, 1.807) is 0 Å². The maximum Gasteiger partial charge on any atom is 0.436 e. The molecular formula is C33H32F4N2O4. The van der Waals surface area contributed by atoms with Crippen molar-refractivity contribution in [3.63, 3.8) is 0 Å². The van der Waals surface area contributed by atoms with Gasteiger partial charge in [0.2, 0.25) is 0 Å². The normalized spacial score (nSPS) is 20.6. The number of aromatic nitrogens is 1. The summed E-state index contributed by atoms with van der Waals surface area (Å²) in [6, 6.07) is 30.0. The van der Waals surface area contributed by atoms with Gasteiger partial charge in [-0.25, -0.2) is 9.37 Å². The lowest BCUT2D eigenvalue weighted by atomic mass is 9.97. The molecule has 43 heavy (non-hydrogen) atoms. The molecule has 2 heterocycles. The molecule has 10 heteroatoms. The number of alkyl halides is 3. The third kappa shape index (κ3) is 8.61. The van der Waals surface area contributed by atoms with Crippen molar-refractivity contribution in [1.82, 2.24) is 4.98 Å². The van der Waals surface area contributed by atoms with E-state index >= 15 is 0 Å². The average Bonchev–Trinajstić information content (AvgIpc) is 3.02. The summed E-state index contributed by atoms with van der Waals surface area (Å²) in [5.74, 6) is -1.61. The van der Waals surface area contributed by atoms with E-state index in [1.165, 1.54) is 0 Å². The molecule has 0 saturated carbocycles. The summed E-state index contributed by atoms with van der Waals surface area (Å²) in [7, 11) is 0. The van der Waals surface area contributed by atoms with E-state index in [1.807, 2.05) is 91.0 Å². The smallest absolute Gasteiger partial charge is 0.374 e. The third-order valence-electron chi connectivity index (χ3n) is 6.99. The van der Waals surface area contributed by atoms with Crippen molar-refractivity contribution in [3.05, 3.63) is 131 Å². The fourth-order valence-electron chi connectivity index (χ4n) is 4.85. The number of benzene rings is 3. The zero-order chi connectivity index (χ0) is 30.1. The molecule has 6 nitrogen and oxygen atoms in total. The molecule has 1 aromatic heterocycles. The minimum atomic E-state index is -4.95. The van der Waals surface area contributed by atoms with Gasteiger partial charge < -0.3 is 24.3 Å². The van der Waals surface area contributed by atoms with Crippen LogP contribution in [0.15, 0.2) is 103 Å². The van der Waals surface area contributed by atoms with Crippen LogP contribution in [0.5, 0.6) is 0 Å². The highest BCUT2D eigenvalue weighted by Crippen LogP contribution is 2.32. The number of pyridine rings is 1. The number of nitrogens with one attached hydrogen (secondary N) is 1. The summed E-state index contributed by atoms with van der Waals surface area (Å²) < 4.78 is 79.2. The highest BCUT2D eigenvalue weighted by Gasteiger charge is 2.43. The average molecular weight is 597 g/mol. The van der Waals surface area contributed by atoms with Gasteiger partial charge in [-0.2, -0.15) is 13.2 Å². The van der Waals surface area contributed by atoms with Crippen molar-refractivity contribution in [3.8, 4) is 0 Å². The molecule has 1 aliphatic rings. The molecule has 226 valence electrons. The highest BCUT2D eigenvalue weighted by molar-refractivity contribution is 5.38. The molecule has 0 bridgehead atoms. The molecule has 1 saturated heterocycles. The molecule has 0 radical (unpaired) electrons. The van der Waals surface area contributed by atoms with Crippen LogP contribution in [0.4, 0.5) is 23.4 Å². The summed E-state index contributed by atoms with van der Waals surface area (Å²) in [6.45, 7) is 1.08. The van der Waals surface area contributed by atoms with Crippen molar-refractivity contribution in [2.24, 2.45) is 0 Å². The van der Waals surface area contributed by atoms with E-state index in [-0.39, 0.29) is 32.2 Å². The lowest BCUT2D eigenvalue weighted by molar-refractivity contribution is -0.201. The second kappa shape index (κ2) is 14.6. The number of halogens is 4. The van der Waals surface area contributed by atoms with Crippen LogP contribution in [-0.4, -0.2) is 42.6 Å². The van der Waals surface area contributed by atoms with E-state index in [4.69, 9.17) is 18.9 Å². The van der Waals surface area contributed by atoms with Gasteiger partial charge in [0, 0.05) is 0 Å². The van der Waals surface area contributed by atoms with E-state index in [9.17, 15) is 17.6 Å². The Morgan fingerprint density at radius 2 is 1.26 bits per heavy atom. The summed E-state index contributed by atoms with van der Waals surface area (Å²) in [4.78, 5) is 3.52. The number of anilines is 1. The first-order valence-electron chi connectivity index (χ1n) is 13.9. The molecule has 1 N–H and O–H groups in total. The summed E-state index contributed by atoms with van der Waals surface area (Å²) >= 11 is 0. The minimum absolute atomic E-state index is 0.0599. The highest BCUT2D eigenvalue weighted by atomic mass is 19.4. The molecule has 0 amide bonds. The Balaban J connectivity index is 1.39. The maximum absolute atomic E-state index is 14.0. The molecule has 0 aliphatic carbocycles. The molecule has 1 aliphatic heterocycles. The Morgan fingerprint density at radius 3 is 1.81 bits per heavy atom. The molecule has 3 aromatic carbocycles. The second-order valence-electron chi connectivity index (χ2n) is 10.2. The van der Waals surface area contributed by atoms with Crippen LogP contribution in [0.2, 0.25) is 0 Å². The Kier molecular flexibility index (Phi) is 10.4. The number of hydrogen-bond acceptors (Lipinski definition) is 6. The zero-order valence-electron chi connectivity index (χ0n) is 23.3. The third-order valence-corrected chi connectivity index (χ3v) is 6.99. The fraction of sp³-hybridized carbons (Fsp3) is 0.303. The standard InChI is InChI=1S/C33H32F4N2O4/c34-26-16-17-29(39-32(26)33(35,36)37)38-27-21-41-28(22-40-18-23-10-4-1-5-11-23)31(43-20-25-14-8-3-9-15-25)30(27)42-19-24-12-6-2-7-13-24/h1-17,27-28,30-31H,18-22H2,(H,38,39)/t27-,28+,30+,31-/m0/s1. The van der Waals surface area contributed by atoms with Crippen molar-refractivity contribution in [1.29, 1.82) is 0 Å². The van der Waals surface area contributed by atoms with Crippen molar-refractivity contribution in [2.75, 3.05) is 18.5 Å². The van der Waals surface area contributed by atoms with Gasteiger partial charge in [0.1, 0.15) is 24.1 Å². The van der Waals surface area contributed by atoms with E-state index < -0.39 is 42.0 Å². The molecule has 0 spiro atoms. The largest absolute Gasteiger partial charge is 0.436 e. The number of nitrogens with zero attached hydrogens (tertiary/aromatic N) is 1. The van der Waals surface area contributed by atoms with Gasteiger partial charge in [0.25, 0.3) is 0 Å². The number of hydrogen-bond donors (Lipinski definition) is 1. The Labute approximate surface area is 247 Å². The Morgan fingerprint density at radius 1 is 0.721 bits per heavy atom. The predicted molar refractivity (Wildman–Crippen MR) is 152 cm³/mol. The van der Waals surface area contributed by atoms with Gasteiger partial charge in [0.15, 0.2) is 11.5 Å².